The van der Waals surface area contributed by atoms with Crippen molar-refractivity contribution in [3.63, 3.8) is 0 Å². The molecule has 0 radical (unpaired) electrons. The molecule has 0 amide bonds. The van der Waals surface area contributed by atoms with Gasteiger partial charge in [0.15, 0.2) is 5.78 Å². The van der Waals surface area contributed by atoms with Gasteiger partial charge in [-0.15, -0.1) is 0 Å². The van der Waals surface area contributed by atoms with Gasteiger partial charge in [0.2, 0.25) is 0 Å². The first kappa shape index (κ1) is 15.4. The summed E-state index contributed by atoms with van der Waals surface area (Å²) in [5.41, 5.74) is 18.1. The van der Waals surface area contributed by atoms with Crippen LogP contribution in [0.4, 0.5) is 0 Å². The van der Waals surface area contributed by atoms with E-state index < -0.39 is 11.2 Å². The van der Waals surface area contributed by atoms with Crippen molar-refractivity contribution >= 4 is 11.4 Å². The summed E-state index contributed by atoms with van der Waals surface area (Å²) in [6.45, 7) is 0. The molecule has 2 aromatic carbocycles. The topological polar surface area (TPSA) is 95.1 Å². The number of ketones is 1. The largest absolute Gasteiger partial charge is 0.312 e. The van der Waals surface area contributed by atoms with Crippen LogP contribution >= 0.6 is 0 Å². The Labute approximate surface area is 135 Å². The maximum Gasteiger partial charge on any atom is 0.191 e. The molecule has 6 N–H and O–H groups in total. The van der Waals surface area contributed by atoms with Gasteiger partial charge in [-0.1, -0.05) is 66.7 Å². The van der Waals surface area contributed by atoms with Crippen LogP contribution in [0.3, 0.4) is 0 Å². The predicted molar refractivity (Wildman–Crippen MR) is 92.4 cm³/mol. The van der Waals surface area contributed by atoms with Crippen LogP contribution in [-0.2, 0) is 0 Å². The summed E-state index contributed by atoms with van der Waals surface area (Å²) in [6.07, 6.45) is 4.83. The van der Waals surface area contributed by atoms with Crippen molar-refractivity contribution in [2.75, 3.05) is 0 Å². The molecular weight excluding hydrogens is 286 g/mol. The van der Waals surface area contributed by atoms with E-state index in [4.69, 9.17) is 17.2 Å². The van der Waals surface area contributed by atoms with Crippen molar-refractivity contribution in [3.05, 3.63) is 90.0 Å². The van der Waals surface area contributed by atoms with Gasteiger partial charge in [-0.3, -0.25) is 4.79 Å². The minimum atomic E-state index is -1.30. The van der Waals surface area contributed by atoms with Crippen molar-refractivity contribution < 1.29 is 4.79 Å². The van der Waals surface area contributed by atoms with Gasteiger partial charge in [0.05, 0.1) is 0 Å². The molecule has 0 saturated heterocycles. The Morgan fingerprint density at radius 2 is 1.35 bits per heavy atom. The summed E-state index contributed by atoms with van der Waals surface area (Å²) in [5, 5.41) is 0. The third-order valence-corrected chi connectivity index (χ3v) is 3.97. The highest BCUT2D eigenvalue weighted by Crippen LogP contribution is 2.34. The Kier molecular flexibility index (Phi) is 3.74. The zero-order valence-electron chi connectivity index (χ0n) is 12.6. The standard InChI is InChI=1S/C19H19N3O/c20-18(21)11-12-19(22,17(23)15-9-5-2-6-10-15)16(13-18)14-7-3-1-4-8-14/h1-13H,20-22H2. The van der Waals surface area contributed by atoms with Crippen LogP contribution in [-0.4, -0.2) is 17.0 Å². The van der Waals surface area contributed by atoms with Gasteiger partial charge < -0.3 is 17.2 Å². The van der Waals surface area contributed by atoms with E-state index in [1.54, 1.807) is 30.4 Å². The second-order valence-electron chi connectivity index (χ2n) is 5.82. The number of hydrogen-bond acceptors (Lipinski definition) is 4. The van der Waals surface area contributed by atoms with Crippen LogP contribution in [0.5, 0.6) is 0 Å². The molecule has 0 aliphatic heterocycles. The highest BCUT2D eigenvalue weighted by atomic mass is 16.1. The number of rotatable bonds is 3. The van der Waals surface area contributed by atoms with Crippen LogP contribution in [0, 0.1) is 0 Å². The van der Waals surface area contributed by atoms with E-state index in [0.717, 1.165) is 5.56 Å². The molecule has 0 bridgehead atoms. The molecule has 1 aliphatic rings. The first-order valence-corrected chi connectivity index (χ1v) is 7.38. The lowest BCUT2D eigenvalue weighted by atomic mass is 9.75. The lowest BCUT2D eigenvalue weighted by Crippen LogP contribution is -2.55. The molecule has 1 unspecified atom stereocenters. The maximum atomic E-state index is 13.0. The van der Waals surface area contributed by atoms with Crippen molar-refractivity contribution in [3.8, 4) is 0 Å². The molecule has 23 heavy (non-hydrogen) atoms. The van der Waals surface area contributed by atoms with Gasteiger partial charge in [-0.25, -0.2) is 0 Å². The maximum absolute atomic E-state index is 13.0. The van der Waals surface area contributed by atoms with Crippen molar-refractivity contribution in [2.45, 2.75) is 11.2 Å². The fourth-order valence-electron chi connectivity index (χ4n) is 2.75. The molecule has 3 rings (SSSR count). The number of carbonyl (C=O) groups excluding carboxylic acids is 1. The summed E-state index contributed by atoms with van der Waals surface area (Å²) >= 11 is 0. The Bertz CT molecular complexity index is 779. The summed E-state index contributed by atoms with van der Waals surface area (Å²) in [5.74, 6) is -0.194. The SMILES string of the molecule is NC1(N)C=CC(N)(C(=O)c2ccccc2)C(c2ccccc2)=C1. The zero-order valence-corrected chi connectivity index (χ0v) is 12.6. The number of hydrogen-bond donors (Lipinski definition) is 3. The summed E-state index contributed by atoms with van der Waals surface area (Å²) < 4.78 is 0. The van der Waals surface area contributed by atoms with Gasteiger partial charge in [-0.05, 0) is 23.3 Å². The fourth-order valence-corrected chi connectivity index (χ4v) is 2.75. The van der Waals surface area contributed by atoms with E-state index >= 15 is 0 Å². The second-order valence-corrected chi connectivity index (χ2v) is 5.82. The van der Waals surface area contributed by atoms with Crippen LogP contribution in [0.1, 0.15) is 15.9 Å². The van der Waals surface area contributed by atoms with Crippen molar-refractivity contribution in [2.24, 2.45) is 17.2 Å². The molecule has 2 aromatic rings. The summed E-state index contributed by atoms with van der Waals surface area (Å²) in [6, 6.07) is 18.4. The van der Waals surface area contributed by atoms with E-state index in [1.165, 1.54) is 0 Å². The number of Topliss-reactive ketones (excluding diaryl/α,β-unsaturated/α-hetero) is 1. The van der Waals surface area contributed by atoms with E-state index in [9.17, 15) is 4.79 Å². The third-order valence-electron chi connectivity index (χ3n) is 3.97. The average Bonchev–Trinajstić information content (AvgIpc) is 2.58. The summed E-state index contributed by atoms with van der Waals surface area (Å²) in [4.78, 5) is 13.0. The average molecular weight is 305 g/mol. The Morgan fingerprint density at radius 3 is 1.96 bits per heavy atom. The van der Waals surface area contributed by atoms with Crippen molar-refractivity contribution in [1.29, 1.82) is 0 Å². The zero-order chi connectivity index (χ0) is 16.5. The fraction of sp³-hybridized carbons (Fsp3) is 0.105. The summed E-state index contributed by atoms with van der Waals surface area (Å²) in [7, 11) is 0. The van der Waals surface area contributed by atoms with Gasteiger partial charge >= 0.3 is 0 Å². The molecule has 116 valence electrons. The van der Waals surface area contributed by atoms with Gasteiger partial charge in [-0.2, -0.15) is 0 Å². The predicted octanol–water partition coefficient (Wildman–Crippen LogP) is 1.83. The number of carbonyl (C=O) groups is 1. The molecule has 0 spiro atoms. The molecule has 4 heteroatoms. The van der Waals surface area contributed by atoms with Gasteiger partial charge in [0, 0.05) is 5.56 Å². The van der Waals surface area contributed by atoms with Crippen LogP contribution in [0.25, 0.3) is 5.57 Å². The van der Waals surface area contributed by atoms with Gasteiger partial charge in [0.1, 0.15) is 11.2 Å². The molecule has 0 aromatic heterocycles. The molecular formula is C19H19N3O. The second kappa shape index (κ2) is 5.59. The number of nitrogens with two attached hydrogens (primary N) is 3. The Balaban J connectivity index is 2.13. The molecule has 0 fully saturated rings. The van der Waals surface area contributed by atoms with Gasteiger partial charge in [0.25, 0.3) is 0 Å². The normalized spacial score (nSPS) is 22.5. The molecule has 0 heterocycles. The third kappa shape index (κ3) is 2.87. The van der Waals surface area contributed by atoms with E-state index in [-0.39, 0.29) is 5.78 Å². The van der Waals surface area contributed by atoms with Crippen LogP contribution in [0.2, 0.25) is 0 Å². The van der Waals surface area contributed by atoms with E-state index in [1.807, 2.05) is 48.5 Å². The molecule has 0 saturated carbocycles. The Hall–Kier alpha value is -2.53. The number of benzene rings is 2. The smallest absolute Gasteiger partial charge is 0.191 e. The lowest BCUT2D eigenvalue weighted by molar-refractivity contribution is 0.0949. The minimum absolute atomic E-state index is 0.194. The van der Waals surface area contributed by atoms with Crippen LogP contribution in [0.15, 0.2) is 78.9 Å². The van der Waals surface area contributed by atoms with E-state index in [2.05, 4.69) is 0 Å². The Morgan fingerprint density at radius 1 is 0.783 bits per heavy atom. The molecule has 4 nitrogen and oxygen atoms in total. The first-order valence-electron chi connectivity index (χ1n) is 7.38. The highest BCUT2D eigenvalue weighted by molar-refractivity contribution is 6.13. The quantitative estimate of drug-likeness (QED) is 0.458. The monoisotopic (exact) mass is 305 g/mol. The van der Waals surface area contributed by atoms with E-state index in [0.29, 0.717) is 11.1 Å². The highest BCUT2D eigenvalue weighted by Gasteiger charge is 2.40. The first-order chi connectivity index (χ1) is 10.9. The van der Waals surface area contributed by atoms with Crippen LogP contribution < -0.4 is 17.2 Å². The molecule has 1 atom stereocenters. The minimum Gasteiger partial charge on any atom is -0.312 e. The molecule has 1 aliphatic carbocycles. The van der Waals surface area contributed by atoms with Crippen molar-refractivity contribution in [1.82, 2.24) is 0 Å². The lowest BCUT2D eigenvalue weighted by Gasteiger charge is -2.35.